The Labute approximate surface area is 133 Å². The van der Waals surface area contributed by atoms with E-state index in [9.17, 15) is 0 Å². The zero-order valence-corrected chi connectivity index (χ0v) is 12.7. The predicted octanol–water partition coefficient (Wildman–Crippen LogP) is 1.88. The van der Waals surface area contributed by atoms with Crippen LogP contribution in [0.4, 0.5) is 17.3 Å². The molecule has 8 nitrogen and oxygen atoms in total. The standard InChI is InChI=1S/C15H20N8/c16-10-1-3-11(4-2-10)19-14-9-12(20-13-5-6-18-21-13)15-17-7-8-23(15)22-14/h5-11H,1-4,16H2,(H,19,22)(H2,18,20,21). The van der Waals surface area contributed by atoms with Crippen LogP contribution < -0.4 is 16.4 Å². The van der Waals surface area contributed by atoms with Crippen LogP contribution in [0.15, 0.2) is 30.7 Å². The minimum absolute atomic E-state index is 0.342. The summed E-state index contributed by atoms with van der Waals surface area (Å²) in [5, 5.41) is 18.3. The third kappa shape index (κ3) is 2.98. The van der Waals surface area contributed by atoms with Gasteiger partial charge in [-0.25, -0.2) is 9.50 Å². The van der Waals surface area contributed by atoms with Crippen molar-refractivity contribution >= 4 is 23.0 Å². The molecule has 0 spiro atoms. The first-order valence-electron chi connectivity index (χ1n) is 7.91. The van der Waals surface area contributed by atoms with Crippen molar-refractivity contribution in [1.82, 2.24) is 24.8 Å². The van der Waals surface area contributed by atoms with Gasteiger partial charge in [0.25, 0.3) is 0 Å². The maximum atomic E-state index is 5.98. The van der Waals surface area contributed by atoms with Gasteiger partial charge in [0.15, 0.2) is 11.5 Å². The molecule has 3 heterocycles. The van der Waals surface area contributed by atoms with E-state index >= 15 is 0 Å². The number of anilines is 3. The Morgan fingerprint density at radius 2 is 2.09 bits per heavy atom. The Kier molecular flexibility index (Phi) is 3.58. The van der Waals surface area contributed by atoms with Crippen molar-refractivity contribution in [3.05, 3.63) is 30.7 Å². The van der Waals surface area contributed by atoms with Crippen LogP contribution in [0.1, 0.15) is 25.7 Å². The molecule has 0 saturated heterocycles. The van der Waals surface area contributed by atoms with E-state index < -0.39 is 0 Å². The highest BCUT2D eigenvalue weighted by Crippen LogP contribution is 2.25. The normalized spacial score (nSPS) is 21.4. The van der Waals surface area contributed by atoms with E-state index in [0.29, 0.717) is 12.1 Å². The lowest BCUT2D eigenvalue weighted by Crippen LogP contribution is -2.33. The fourth-order valence-corrected chi connectivity index (χ4v) is 3.02. The lowest BCUT2D eigenvalue weighted by atomic mass is 9.92. The van der Waals surface area contributed by atoms with Crippen LogP contribution in [0, 0.1) is 0 Å². The first kappa shape index (κ1) is 14.0. The van der Waals surface area contributed by atoms with Crippen molar-refractivity contribution in [3.8, 4) is 0 Å². The second kappa shape index (κ2) is 5.88. The molecule has 0 radical (unpaired) electrons. The Hall–Kier alpha value is -2.61. The smallest absolute Gasteiger partial charge is 0.177 e. The second-order valence-corrected chi connectivity index (χ2v) is 5.98. The highest BCUT2D eigenvalue weighted by atomic mass is 15.3. The molecule has 120 valence electrons. The number of hydrogen-bond donors (Lipinski definition) is 4. The number of aromatic amines is 1. The lowest BCUT2D eigenvalue weighted by Gasteiger charge is -2.27. The van der Waals surface area contributed by atoms with E-state index in [4.69, 9.17) is 5.73 Å². The van der Waals surface area contributed by atoms with Crippen molar-refractivity contribution in [1.29, 1.82) is 0 Å². The van der Waals surface area contributed by atoms with E-state index in [2.05, 4.69) is 30.9 Å². The number of fused-ring (bicyclic) bond motifs is 1. The van der Waals surface area contributed by atoms with Crippen LogP contribution in [0.3, 0.4) is 0 Å². The molecule has 4 rings (SSSR count). The molecule has 8 heteroatoms. The molecule has 0 aliphatic heterocycles. The summed E-state index contributed by atoms with van der Waals surface area (Å²) in [5.74, 6) is 1.57. The first-order chi connectivity index (χ1) is 11.3. The number of hydrogen-bond acceptors (Lipinski definition) is 6. The van der Waals surface area contributed by atoms with Crippen molar-refractivity contribution in [3.63, 3.8) is 0 Å². The summed E-state index contributed by atoms with van der Waals surface area (Å²) < 4.78 is 1.77. The SMILES string of the molecule is NC1CCC(Nc2cc(Nc3cc[nH]n3)c3nccn3n2)CC1. The first-order valence-corrected chi connectivity index (χ1v) is 7.91. The number of nitrogens with two attached hydrogens (primary N) is 1. The van der Waals surface area contributed by atoms with Crippen LogP contribution in [-0.4, -0.2) is 36.9 Å². The van der Waals surface area contributed by atoms with Gasteiger partial charge in [0, 0.05) is 42.8 Å². The number of aromatic nitrogens is 5. The van der Waals surface area contributed by atoms with Crippen LogP contribution in [-0.2, 0) is 0 Å². The van der Waals surface area contributed by atoms with Gasteiger partial charge in [-0.1, -0.05) is 0 Å². The van der Waals surface area contributed by atoms with Gasteiger partial charge in [0.1, 0.15) is 5.82 Å². The summed E-state index contributed by atoms with van der Waals surface area (Å²) in [6, 6.07) is 4.61. The van der Waals surface area contributed by atoms with Gasteiger partial charge >= 0.3 is 0 Å². The zero-order chi connectivity index (χ0) is 15.6. The number of H-pyrrole nitrogens is 1. The second-order valence-electron chi connectivity index (χ2n) is 5.98. The highest BCUT2D eigenvalue weighted by molar-refractivity contribution is 5.74. The number of nitrogens with zero attached hydrogens (tertiary/aromatic N) is 4. The van der Waals surface area contributed by atoms with Crippen molar-refractivity contribution in [2.24, 2.45) is 5.73 Å². The molecule has 1 aliphatic carbocycles. The molecule has 0 aromatic carbocycles. The minimum atomic E-state index is 0.342. The Balaban J connectivity index is 1.59. The van der Waals surface area contributed by atoms with E-state index in [-0.39, 0.29) is 0 Å². The summed E-state index contributed by atoms with van der Waals surface area (Å²) in [6.07, 6.45) is 9.62. The molecular formula is C15H20N8. The van der Waals surface area contributed by atoms with Crippen molar-refractivity contribution in [2.75, 3.05) is 10.6 Å². The molecule has 0 bridgehead atoms. The Morgan fingerprint density at radius 3 is 2.87 bits per heavy atom. The van der Waals surface area contributed by atoms with Crippen LogP contribution >= 0.6 is 0 Å². The topological polar surface area (TPSA) is 109 Å². The van der Waals surface area contributed by atoms with E-state index in [0.717, 1.165) is 48.7 Å². The van der Waals surface area contributed by atoms with Crippen molar-refractivity contribution < 1.29 is 0 Å². The Bertz CT molecular complexity index is 770. The summed E-state index contributed by atoms with van der Waals surface area (Å²) in [7, 11) is 0. The lowest BCUT2D eigenvalue weighted by molar-refractivity contribution is 0.410. The summed E-state index contributed by atoms with van der Waals surface area (Å²) in [4.78, 5) is 4.35. The molecule has 0 unspecified atom stereocenters. The molecule has 1 fully saturated rings. The molecular weight excluding hydrogens is 292 g/mol. The van der Waals surface area contributed by atoms with Crippen LogP contribution in [0.5, 0.6) is 0 Å². The number of nitrogens with one attached hydrogen (secondary N) is 3. The van der Waals surface area contributed by atoms with Gasteiger partial charge in [0.05, 0.1) is 5.69 Å². The predicted molar refractivity (Wildman–Crippen MR) is 88.7 cm³/mol. The quantitative estimate of drug-likeness (QED) is 0.585. The molecule has 1 aliphatic rings. The average molecular weight is 312 g/mol. The van der Waals surface area contributed by atoms with Gasteiger partial charge in [-0.05, 0) is 25.7 Å². The van der Waals surface area contributed by atoms with E-state index in [1.54, 1.807) is 16.9 Å². The average Bonchev–Trinajstić information content (AvgIpc) is 3.21. The van der Waals surface area contributed by atoms with Gasteiger partial charge in [-0.2, -0.15) is 5.10 Å². The molecule has 1 saturated carbocycles. The van der Waals surface area contributed by atoms with Crippen molar-refractivity contribution in [2.45, 2.75) is 37.8 Å². The van der Waals surface area contributed by atoms with Gasteiger partial charge in [-0.3, -0.25) is 5.10 Å². The largest absolute Gasteiger partial charge is 0.366 e. The van der Waals surface area contributed by atoms with Gasteiger partial charge in [-0.15, -0.1) is 5.10 Å². The number of rotatable bonds is 4. The molecule has 0 amide bonds. The zero-order valence-electron chi connectivity index (χ0n) is 12.7. The summed E-state index contributed by atoms with van der Waals surface area (Å²) >= 11 is 0. The maximum Gasteiger partial charge on any atom is 0.177 e. The minimum Gasteiger partial charge on any atom is -0.366 e. The third-order valence-corrected chi connectivity index (χ3v) is 4.25. The van der Waals surface area contributed by atoms with Gasteiger partial charge in [0.2, 0.25) is 0 Å². The Morgan fingerprint density at radius 1 is 1.22 bits per heavy atom. The third-order valence-electron chi connectivity index (χ3n) is 4.25. The molecule has 5 N–H and O–H groups in total. The molecule has 23 heavy (non-hydrogen) atoms. The monoisotopic (exact) mass is 312 g/mol. The number of imidazole rings is 1. The van der Waals surface area contributed by atoms with E-state index in [1.807, 2.05) is 18.3 Å². The van der Waals surface area contributed by atoms with Gasteiger partial charge < -0.3 is 16.4 Å². The van der Waals surface area contributed by atoms with E-state index in [1.165, 1.54) is 0 Å². The summed E-state index contributed by atoms with van der Waals surface area (Å²) in [5.41, 5.74) is 7.61. The molecule has 3 aromatic rings. The fourth-order valence-electron chi connectivity index (χ4n) is 3.02. The molecule has 0 atom stereocenters. The maximum absolute atomic E-state index is 5.98. The van der Waals surface area contributed by atoms with Crippen LogP contribution in [0.25, 0.3) is 5.65 Å². The molecule has 3 aromatic heterocycles. The highest BCUT2D eigenvalue weighted by Gasteiger charge is 2.19. The van der Waals surface area contributed by atoms with Crippen LogP contribution in [0.2, 0.25) is 0 Å². The summed E-state index contributed by atoms with van der Waals surface area (Å²) in [6.45, 7) is 0. The fraction of sp³-hybridized carbons (Fsp3) is 0.400.